The molecule has 2 N–H and O–H groups in total. The summed E-state index contributed by atoms with van der Waals surface area (Å²) in [5.41, 5.74) is 3.95. The third-order valence-corrected chi connectivity index (χ3v) is 5.26. The summed E-state index contributed by atoms with van der Waals surface area (Å²) in [7, 11) is 0. The van der Waals surface area contributed by atoms with Gasteiger partial charge < -0.3 is 19.3 Å². The van der Waals surface area contributed by atoms with E-state index in [0.29, 0.717) is 16.7 Å². The smallest absolute Gasteiger partial charge is 0.339 e. The molecule has 0 aliphatic carbocycles. The lowest BCUT2D eigenvalue weighted by atomic mass is 9.99. The van der Waals surface area contributed by atoms with Crippen LogP contribution in [0.3, 0.4) is 0 Å². The second kappa shape index (κ2) is 8.16. The van der Waals surface area contributed by atoms with E-state index < -0.39 is 11.7 Å². The predicted molar refractivity (Wildman–Crippen MR) is 115 cm³/mol. The summed E-state index contributed by atoms with van der Waals surface area (Å²) in [5.74, 6) is -0.216. The molecule has 0 aliphatic heterocycles. The van der Waals surface area contributed by atoms with E-state index in [1.807, 2.05) is 43.3 Å². The minimum absolute atomic E-state index is 0.146. The molecule has 2 aromatic carbocycles. The molecule has 0 aliphatic rings. The summed E-state index contributed by atoms with van der Waals surface area (Å²) in [4.78, 5) is 24.5. The molecule has 4 rings (SSSR count). The molecule has 154 valence electrons. The van der Waals surface area contributed by atoms with E-state index in [0.717, 1.165) is 27.5 Å². The molecule has 6 heteroatoms. The summed E-state index contributed by atoms with van der Waals surface area (Å²) in [6.07, 6.45) is 1.51. The number of hydrogen-bond acceptors (Lipinski definition) is 5. The van der Waals surface area contributed by atoms with E-state index in [-0.39, 0.29) is 25.3 Å². The molecule has 1 atom stereocenters. The van der Waals surface area contributed by atoms with Gasteiger partial charge in [0.25, 0.3) is 0 Å². The number of hydrogen-bond donors (Lipinski definition) is 2. The van der Waals surface area contributed by atoms with Gasteiger partial charge in [-0.3, -0.25) is 4.79 Å². The molecule has 1 amide bonds. The van der Waals surface area contributed by atoms with Crippen molar-refractivity contribution in [2.24, 2.45) is 0 Å². The molecule has 4 aromatic rings. The molecule has 2 heterocycles. The number of benzene rings is 2. The fraction of sp³-hybridized carbons (Fsp3) is 0.250. The van der Waals surface area contributed by atoms with Crippen LogP contribution in [0.5, 0.6) is 0 Å². The van der Waals surface area contributed by atoms with E-state index in [9.17, 15) is 14.7 Å². The predicted octanol–water partition coefficient (Wildman–Crippen LogP) is 3.94. The Morgan fingerprint density at radius 3 is 2.63 bits per heavy atom. The highest BCUT2D eigenvalue weighted by atomic mass is 16.4. The lowest BCUT2D eigenvalue weighted by Crippen LogP contribution is -2.31. The Labute approximate surface area is 173 Å². The molecule has 0 radical (unpaired) electrons. The van der Waals surface area contributed by atoms with Gasteiger partial charge in [0.15, 0.2) is 0 Å². The monoisotopic (exact) mass is 405 g/mol. The van der Waals surface area contributed by atoms with Crippen molar-refractivity contribution in [3.63, 3.8) is 0 Å². The lowest BCUT2D eigenvalue weighted by Gasteiger charge is -2.09. The Bertz CT molecular complexity index is 1270. The van der Waals surface area contributed by atoms with Gasteiger partial charge in [-0.2, -0.15) is 0 Å². The maximum atomic E-state index is 12.5. The zero-order chi connectivity index (χ0) is 21.3. The fourth-order valence-electron chi connectivity index (χ4n) is 3.63. The van der Waals surface area contributed by atoms with Crippen molar-refractivity contribution in [2.45, 2.75) is 32.8 Å². The topological polar surface area (TPSA) is 92.7 Å². The first kappa shape index (κ1) is 19.9. The largest absolute Gasteiger partial charge is 0.464 e. The number of carbonyl (C=O) groups excluding carboxylic acids is 1. The van der Waals surface area contributed by atoms with Gasteiger partial charge in [0.2, 0.25) is 5.91 Å². The second-order valence-corrected chi connectivity index (χ2v) is 7.51. The molecule has 0 bridgehead atoms. The highest BCUT2D eigenvalue weighted by Crippen LogP contribution is 2.34. The van der Waals surface area contributed by atoms with E-state index >= 15 is 0 Å². The molecule has 2 aromatic heterocycles. The zero-order valence-corrected chi connectivity index (χ0v) is 16.9. The number of furan rings is 1. The molecule has 0 spiro atoms. The van der Waals surface area contributed by atoms with Crippen LogP contribution in [0.4, 0.5) is 0 Å². The Morgan fingerprint density at radius 2 is 1.90 bits per heavy atom. The summed E-state index contributed by atoms with van der Waals surface area (Å²) in [6, 6.07) is 13.7. The number of aliphatic hydroxyl groups is 1. The number of aliphatic hydroxyl groups excluding tert-OH is 1. The van der Waals surface area contributed by atoms with Gasteiger partial charge in [-0.1, -0.05) is 30.3 Å². The van der Waals surface area contributed by atoms with E-state index in [1.165, 1.54) is 0 Å². The van der Waals surface area contributed by atoms with Gasteiger partial charge in [0.1, 0.15) is 11.2 Å². The maximum absolute atomic E-state index is 12.5. The van der Waals surface area contributed by atoms with Crippen LogP contribution in [-0.2, 0) is 11.2 Å². The van der Waals surface area contributed by atoms with Crippen LogP contribution in [0.2, 0.25) is 0 Å². The fourth-order valence-corrected chi connectivity index (χ4v) is 3.63. The SMILES string of the molecule is Cc1c(CCC(=O)NCC(C)O)c(=O)oc2cc3occ(-c4ccccc4)c3cc12. The summed E-state index contributed by atoms with van der Waals surface area (Å²) in [5, 5.41) is 13.7. The molecule has 1 unspecified atom stereocenters. The molecule has 0 saturated carbocycles. The minimum Gasteiger partial charge on any atom is -0.464 e. The third kappa shape index (κ3) is 3.86. The van der Waals surface area contributed by atoms with E-state index in [2.05, 4.69) is 5.32 Å². The van der Waals surface area contributed by atoms with Crippen LogP contribution >= 0.6 is 0 Å². The van der Waals surface area contributed by atoms with Crippen LogP contribution in [0, 0.1) is 6.92 Å². The number of carbonyl (C=O) groups is 1. The minimum atomic E-state index is -0.613. The van der Waals surface area contributed by atoms with Gasteiger partial charge in [-0.15, -0.1) is 0 Å². The Morgan fingerprint density at radius 1 is 1.13 bits per heavy atom. The number of nitrogens with one attached hydrogen (secondary N) is 1. The standard InChI is InChI=1S/C24H23NO5/c1-14(26)12-25-23(27)9-8-17-15(2)18-10-19-20(16-6-4-3-5-7-16)13-29-21(19)11-22(18)30-24(17)28/h3-7,10-11,13-14,26H,8-9,12H2,1-2H3,(H,25,27). The highest BCUT2D eigenvalue weighted by molar-refractivity contribution is 6.02. The van der Waals surface area contributed by atoms with Gasteiger partial charge in [0.05, 0.1) is 12.4 Å². The normalized spacial score (nSPS) is 12.4. The number of amides is 1. The molecule has 6 nitrogen and oxygen atoms in total. The quantitative estimate of drug-likeness (QED) is 0.474. The van der Waals surface area contributed by atoms with Crippen molar-refractivity contribution in [3.8, 4) is 11.1 Å². The van der Waals surface area contributed by atoms with Crippen molar-refractivity contribution < 1.29 is 18.7 Å². The molecular weight excluding hydrogens is 382 g/mol. The van der Waals surface area contributed by atoms with Crippen LogP contribution in [0.25, 0.3) is 33.1 Å². The summed E-state index contributed by atoms with van der Waals surface area (Å²) in [6.45, 7) is 3.66. The van der Waals surface area contributed by atoms with Gasteiger partial charge in [0, 0.05) is 40.9 Å². The van der Waals surface area contributed by atoms with Crippen molar-refractivity contribution in [2.75, 3.05) is 6.54 Å². The van der Waals surface area contributed by atoms with Crippen LogP contribution in [-0.4, -0.2) is 23.7 Å². The van der Waals surface area contributed by atoms with Crippen molar-refractivity contribution in [1.82, 2.24) is 5.32 Å². The van der Waals surface area contributed by atoms with Gasteiger partial charge in [-0.25, -0.2) is 4.79 Å². The summed E-state index contributed by atoms with van der Waals surface area (Å²) >= 11 is 0. The maximum Gasteiger partial charge on any atom is 0.339 e. The number of fused-ring (bicyclic) bond motifs is 2. The van der Waals surface area contributed by atoms with Crippen LogP contribution in [0.15, 0.2) is 62.4 Å². The molecule has 0 fully saturated rings. The number of aryl methyl sites for hydroxylation is 1. The Hall–Kier alpha value is -3.38. The Kier molecular flexibility index (Phi) is 5.42. The first-order valence-electron chi connectivity index (χ1n) is 9.91. The second-order valence-electron chi connectivity index (χ2n) is 7.51. The Balaban J connectivity index is 1.72. The average Bonchev–Trinajstić information content (AvgIpc) is 3.14. The highest BCUT2D eigenvalue weighted by Gasteiger charge is 2.16. The zero-order valence-electron chi connectivity index (χ0n) is 16.9. The van der Waals surface area contributed by atoms with E-state index in [4.69, 9.17) is 8.83 Å². The van der Waals surface area contributed by atoms with Gasteiger partial charge in [-0.05, 0) is 37.5 Å². The summed E-state index contributed by atoms with van der Waals surface area (Å²) < 4.78 is 11.3. The van der Waals surface area contributed by atoms with Crippen molar-refractivity contribution >= 4 is 27.8 Å². The molecular formula is C24H23NO5. The lowest BCUT2D eigenvalue weighted by molar-refractivity contribution is -0.121. The van der Waals surface area contributed by atoms with Crippen molar-refractivity contribution in [1.29, 1.82) is 0 Å². The van der Waals surface area contributed by atoms with Crippen LogP contribution in [0.1, 0.15) is 24.5 Å². The third-order valence-electron chi connectivity index (χ3n) is 5.26. The molecule has 30 heavy (non-hydrogen) atoms. The first-order valence-corrected chi connectivity index (χ1v) is 9.91. The van der Waals surface area contributed by atoms with Crippen LogP contribution < -0.4 is 10.9 Å². The number of rotatable bonds is 6. The van der Waals surface area contributed by atoms with E-state index in [1.54, 1.807) is 19.3 Å². The molecule has 0 saturated heterocycles. The average molecular weight is 405 g/mol. The van der Waals surface area contributed by atoms with Gasteiger partial charge >= 0.3 is 5.63 Å². The first-order chi connectivity index (χ1) is 14.4. The van der Waals surface area contributed by atoms with Crippen molar-refractivity contribution in [3.05, 3.63) is 70.3 Å².